The number of hydrogen-bond donors (Lipinski definition) is 0. The van der Waals surface area contributed by atoms with Crippen molar-refractivity contribution in [1.82, 2.24) is 9.29 Å². The Morgan fingerprint density at radius 2 is 1.85 bits per heavy atom. The topological polar surface area (TPSA) is 62.7 Å². The van der Waals surface area contributed by atoms with Crippen molar-refractivity contribution >= 4 is 15.7 Å². The van der Waals surface area contributed by atoms with Crippen molar-refractivity contribution in [2.75, 3.05) is 38.2 Å². The standard InChI is InChI=1S/C20H21N3O3S/c1-26-20-9-7-19(8-10-20)22-12-14-23(15-13-22)27(24,25)16-3-2-5-18-6-4-11-21-17-18/h3-4,6-11,16-17H,12-15H2,1H3. The number of pyridine rings is 1. The second-order valence-electron chi connectivity index (χ2n) is 5.94. The molecular formula is C20H21N3O3S. The van der Waals surface area contributed by atoms with Gasteiger partial charge in [0.05, 0.1) is 12.5 Å². The molecule has 6 nitrogen and oxygen atoms in total. The van der Waals surface area contributed by atoms with Crippen LogP contribution in [0.5, 0.6) is 5.75 Å². The lowest BCUT2D eigenvalue weighted by Gasteiger charge is -2.34. The number of nitrogens with zero attached hydrogens (tertiary/aromatic N) is 3. The maximum Gasteiger partial charge on any atom is 0.236 e. The highest BCUT2D eigenvalue weighted by Crippen LogP contribution is 2.21. The number of rotatable bonds is 4. The van der Waals surface area contributed by atoms with Crippen LogP contribution in [0.1, 0.15) is 5.56 Å². The van der Waals surface area contributed by atoms with E-state index in [4.69, 9.17) is 4.74 Å². The van der Waals surface area contributed by atoms with Gasteiger partial charge in [0.25, 0.3) is 0 Å². The van der Waals surface area contributed by atoms with Gasteiger partial charge in [-0.15, -0.1) is 0 Å². The highest BCUT2D eigenvalue weighted by molar-refractivity contribution is 7.92. The normalized spacial score (nSPS) is 15.4. The van der Waals surface area contributed by atoms with E-state index in [0.29, 0.717) is 26.2 Å². The molecule has 0 spiro atoms. The third-order valence-corrected chi connectivity index (χ3v) is 5.80. The zero-order valence-electron chi connectivity index (χ0n) is 15.1. The van der Waals surface area contributed by atoms with Gasteiger partial charge in [-0.3, -0.25) is 4.98 Å². The quantitative estimate of drug-likeness (QED) is 0.757. The van der Waals surface area contributed by atoms with E-state index in [0.717, 1.165) is 17.0 Å². The van der Waals surface area contributed by atoms with Crippen LogP contribution in [0.2, 0.25) is 0 Å². The first kappa shape index (κ1) is 19.0. The number of piperazine rings is 1. The fourth-order valence-corrected chi connectivity index (χ4v) is 3.85. The van der Waals surface area contributed by atoms with E-state index >= 15 is 0 Å². The van der Waals surface area contributed by atoms with Crippen molar-refractivity contribution in [1.29, 1.82) is 0 Å². The first-order valence-electron chi connectivity index (χ1n) is 8.56. The summed E-state index contributed by atoms with van der Waals surface area (Å²) in [4.78, 5) is 6.13. The number of ether oxygens (including phenoxy) is 1. The van der Waals surface area contributed by atoms with E-state index in [1.54, 1.807) is 25.6 Å². The molecule has 7 heteroatoms. The molecule has 3 rings (SSSR count). The van der Waals surface area contributed by atoms with E-state index in [2.05, 4.69) is 21.7 Å². The molecule has 0 atom stereocenters. The third kappa shape index (κ3) is 5.09. The Kier molecular flexibility index (Phi) is 6.12. The molecule has 1 fully saturated rings. The van der Waals surface area contributed by atoms with Crippen LogP contribution in [0.3, 0.4) is 0 Å². The number of methoxy groups -OCH3 is 1. The summed E-state index contributed by atoms with van der Waals surface area (Å²) in [6.07, 6.45) is 4.67. The molecule has 2 heterocycles. The lowest BCUT2D eigenvalue weighted by atomic mass is 10.2. The zero-order valence-corrected chi connectivity index (χ0v) is 15.9. The predicted molar refractivity (Wildman–Crippen MR) is 106 cm³/mol. The van der Waals surface area contributed by atoms with Crippen LogP contribution >= 0.6 is 0 Å². The lowest BCUT2D eigenvalue weighted by Crippen LogP contribution is -2.48. The molecule has 1 aliphatic rings. The van der Waals surface area contributed by atoms with Crippen molar-refractivity contribution in [3.63, 3.8) is 0 Å². The van der Waals surface area contributed by atoms with E-state index in [-0.39, 0.29) is 0 Å². The fourth-order valence-electron chi connectivity index (χ4n) is 2.76. The van der Waals surface area contributed by atoms with E-state index < -0.39 is 10.0 Å². The number of anilines is 1. The van der Waals surface area contributed by atoms with Crippen LogP contribution in [0.15, 0.2) is 60.3 Å². The highest BCUT2D eigenvalue weighted by atomic mass is 32.2. The van der Waals surface area contributed by atoms with Gasteiger partial charge in [0.15, 0.2) is 0 Å². The third-order valence-electron chi connectivity index (χ3n) is 4.24. The first-order valence-corrected chi connectivity index (χ1v) is 10.1. The van der Waals surface area contributed by atoms with Crippen molar-refractivity contribution in [3.8, 4) is 17.6 Å². The first-order chi connectivity index (χ1) is 13.1. The Morgan fingerprint density at radius 3 is 2.48 bits per heavy atom. The fraction of sp³-hybridized carbons (Fsp3) is 0.250. The van der Waals surface area contributed by atoms with E-state index in [9.17, 15) is 8.42 Å². The Bertz CT molecular complexity index is 937. The van der Waals surface area contributed by atoms with Gasteiger partial charge in [-0.1, -0.05) is 11.8 Å². The zero-order chi connectivity index (χ0) is 19.1. The summed E-state index contributed by atoms with van der Waals surface area (Å²) in [7, 11) is -1.83. The summed E-state index contributed by atoms with van der Waals surface area (Å²) in [5.74, 6) is 6.40. The maximum atomic E-state index is 12.4. The summed E-state index contributed by atoms with van der Waals surface area (Å²) in [5, 5.41) is 1.17. The van der Waals surface area contributed by atoms with Crippen LogP contribution in [-0.4, -0.2) is 51.0 Å². The van der Waals surface area contributed by atoms with Gasteiger partial charge in [0.1, 0.15) is 5.75 Å². The van der Waals surface area contributed by atoms with Gasteiger partial charge in [-0.05, 0) is 36.4 Å². The number of aromatic nitrogens is 1. The summed E-state index contributed by atoms with van der Waals surface area (Å²) in [6.45, 7) is 2.16. The Labute approximate surface area is 160 Å². The van der Waals surface area contributed by atoms with Gasteiger partial charge in [0, 0.05) is 55.9 Å². The molecule has 0 unspecified atom stereocenters. The molecule has 0 saturated carbocycles. The van der Waals surface area contributed by atoms with Crippen LogP contribution in [-0.2, 0) is 10.0 Å². The Morgan fingerprint density at radius 1 is 1.11 bits per heavy atom. The van der Waals surface area contributed by atoms with Crippen LogP contribution in [0.25, 0.3) is 0 Å². The highest BCUT2D eigenvalue weighted by Gasteiger charge is 2.25. The summed E-state index contributed by atoms with van der Waals surface area (Å²) < 4.78 is 31.5. The van der Waals surface area contributed by atoms with Gasteiger partial charge < -0.3 is 9.64 Å². The van der Waals surface area contributed by atoms with Gasteiger partial charge in [0.2, 0.25) is 10.0 Å². The predicted octanol–water partition coefficient (Wildman–Crippen LogP) is 2.11. The Balaban J connectivity index is 1.57. The maximum absolute atomic E-state index is 12.4. The average molecular weight is 383 g/mol. The van der Waals surface area contributed by atoms with Crippen LogP contribution in [0, 0.1) is 11.8 Å². The summed E-state index contributed by atoms with van der Waals surface area (Å²) >= 11 is 0. The molecular weight excluding hydrogens is 362 g/mol. The number of sulfonamides is 1. The molecule has 2 aromatic rings. The summed E-state index contributed by atoms with van der Waals surface area (Å²) in [5.41, 5.74) is 1.80. The molecule has 0 radical (unpaired) electrons. The second kappa shape index (κ2) is 8.71. The number of hydrogen-bond acceptors (Lipinski definition) is 5. The monoisotopic (exact) mass is 383 g/mol. The molecule has 1 aromatic carbocycles. The van der Waals surface area contributed by atoms with Gasteiger partial charge in [-0.2, -0.15) is 4.31 Å². The molecule has 0 amide bonds. The molecule has 27 heavy (non-hydrogen) atoms. The second-order valence-corrected chi connectivity index (χ2v) is 7.76. The van der Waals surface area contributed by atoms with E-state index in [1.165, 1.54) is 15.8 Å². The van der Waals surface area contributed by atoms with Crippen molar-refractivity contribution < 1.29 is 13.2 Å². The van der Waals surface area contributed by atoms with Crippen LogP contribution < -0.4 is 9.64 Å². The smallest absolute Gasteiger partial charge is 0.236 e. The largest absolute Gasteiger partial charge is 0.497 e. The molecule has 1 saturated heterocycles. The Hall–Kier alpha value is -2.82. The SMILES string of the molecule is COc1ccc(N2CCN(S(=O)(=O)C=CC#Cc3cccnc3)CC2)cc1. The van der Waals surface area contributed by atoms with E-state index in [1.807, 2.05) is 30.3 Å². The lowest BCUT2D eigenvalue weighted by molar-refractivity contribution is 0.389. The van der Waals surface area contributed by atoms with Crippen LogP contribution in [0.4, 0.5) is 5.69 Å². The molecule has 1 aromatic heterocycles. The van der Waals surface area contributed by atoms with Crippen molar-refractivity contribution in [2.24, 2.45) is 0 Å². The molecule has 0 bridgehead atoms. The molecule has 140 valence electrons. The van der Waals surface area contributed by atoms with Gasteiger partial charge >= 0.3 is 0 Å². The van der Waals surface area contributed by atoms with Crippen molar-refractivity contribution in [3.05, 3.63) is 65.8 Å². The number of allylic oxidation sites excluding steroid dienone is 1. The minimum atomic E-state index is -3.47. The number of benzene rings is 1. The molecule has 0 aliphatic carbocycles. The summed E-state index contributed by atoms with van der Waals surface area (Å²) in [6, 6.07) is 11.4. The minimum absolute atomic E-state index is 0.439. The molecule has 1 aliphatic heterocycles. The minimum Gasteiger partial charge on any atom is -0.497 e. The van der Waals surface area contributed by atoms with Gasteiger partial charge in [-0.25, -0.2) is 8.42 Å². The average Bonchev–Trinajstić information content (AvgIpc) is 2.72. The molecule has 0 N–H and O–H groups in total. The van der Waals surface area contributed by atoms with Crippen molar-refractivity contribution in [2.45, 2.75) is 0 Å².